The molecule has 5 heteroatoms. The second-order valence-corrected chi connectivity index (χ2v) is 5.38. The predicted octanol–water partition coefficient (Wildman–Crippen LogP) is 1.67. The molecule has 2 aromatic rings. The first-order valence-corrected chi connectivity index (χ1v) is 7.03. The van der Waals surface area contributed by atoms with Crippen molar-refractivity contribution in [3.05, 3.63) is 24.9 Å². The summed E-state index contributed by atoms with van der Waals surface area (Å²) in [5, 5.41) is 7.71. The van der Waals surface area contributed by atoms with Crippen molar-refractivity contribution in [3.8, 4) is 11.3 Å². The number of hydrogen-bond acceptors (Lipinski definition) is 3. The largest absolute Gasteiger partial charge is 0.331 e. The number of imidazole rings is 1. The Morgan fingerprint density at radius 1 is 1.42 bits per heavy atom. The van der Waals surface area contributed by atoms with Gasteiger partial charge in [-0.2, -0.15) is 5.10 Å². The standard InChI is InChI=1S/C14H21N5/c1-18-10-13(8-17-18)14-9-16-11-19(14)6-4-12-3-2-5-15-7-12/h8-12,15H,2-7H2,1H3. The molecule has 1 fully saturated rings. The molecule has 1 unspecified atom stereocenters. The lowest BCUT2D eigenvalue weighted by Crippen LogP contribution is -2.30. The topological polar surface area (TPSA) is 47.7 Å². The zero-order valence-corrected chi connectivity index (χ0v) is 11.4. The number of rotatable bonds is 4. The summed E-state index contributed by atoms with van der Waals surface area (Å²) in [7, 11) is 1.94. The van der Waals surface area contributed by atoms with E-state index in [0.717, 1.165) is 30.3 Å². The van der Waals surface area contributed by atoms with E-state index in [1.54, 1.807) is 0 Å². The van der Waals surface area contributed by atoms with Crippen LogP contribution in [0, 0.1) is 5.92 Å². The molecule has 1 N–H and O–H groups in total. The minimum Gasteiger partial charge on any atom is -0.331 e. The van der Waals surface area contributed by atoms with Crippen molar-refractivity contribution in [3.63, 3.8) is 0 Å². The third kappa shape index (κ3) is 2.87. The fraction of sp³-hybridized carbons (Fsp3) is 0.571. The molecule has 102 valence electrons. The van der Waals surface area contributed by atoms with Crippen LogP contribution >= 0.6 is 0 Å². The van der Waals surface area contributed by atoms with E-state index in [-0.39, 0.29) is 0 Å². The van der Waals surface area contributed by atoms with Crippen LogP contribution in [0.1, 0.15) is 19.3 Å². The van der Waals surface area contributed by atoms with Crippen molar-refractivity contribution in [2.24, 2.45) is 13.0 Å². The molecule has 19 heavy (non-hydrogen) atoms. The summed E-state index contributed by atoms with van der Waals surface area (Å²) in [5.41, 5.74) is 2.30. The van der Waals surface area contributed by atoms with Gasteiger partial charge in [0.05, 0.1) is 24.4 Å². The minimum atomic E-state index is 0.804. The zero-order valence-electron chi connectivity index (χ0n) is 11.4. The molecule has 0 bridgehead atoms. The van der Waals surface area contributed by atoms with Crippen LogP contribution in [-0.4, -0.2) is 32.4 Å². The number of aryl methyl sites for hydroxylation is 2. The maximum atomic E-state index is 4.28. The molecule has 1 saturated heterocycles. The molecule has 0 saturated carbocycles. The Balaban J connectivity index is 1.66. The van der Waals surface area contributed by atoms with Gasteiger partial charge in [-0.25, -0.2) is 4.98 Å². The summed E-state index contributed by atoms with van der Waals surface area (Å²) in [4.78, 5) is 4.28. The van der Waals surface area contributed by atoms with E-state index in [1.165, 1.54) is 25.8 Å². The van der Waals surface area contributed by atoms with Crippen molar-refractivity contribution < 1.29 is 0 Å². The molecule has 1 aliphatic rings. The van der Waals surface area contributed by atoms with Gasteiger partial charge >= 0.3 is 0 Å². The Labute approximate surface area is 113 Å². The zero-order chi connectivity index (χ0) is 13.1. The molecule has 0 amide bonds. The van der Waals surface area contributed by atoms with E-state index in [0.29, 0.717) is 0 Å². The molecule has 0 radical (unpaired) electrons. The first-order chi connectivity index (χ1) is 9.33. The Morgan fingerprint density at radius 3 is 3.11 bits per heavy atom. The van der Waals surface area contributed by atoms with Crippen LogP contribution in [0.4, 0.5) is 0 Å². The molecular weight excluding hydrogens is 238 g/mol. The predicted molar refractivity (Wildman–Crippen MR) is 74.6 cm³/mol. The molecule has 5 nitrogen and oxygen atoms in total. The Kier molecular flexibility index (Phi) is 3.64. The van der Waals surface area contributed by atoms with Gasteiger partial charge < -0.3 is 9.88 Å². The second-order valence-electron chi connectivity index (χ2n) is 5.38. The normalized spacial score (nSPS) is 19.7. The van der Waals surface area contributed by atoms with E-state index >= 15 is 0 Å². The molecular formula is C14H21N5. The highest BCUT2D eigenvalue weighted by atomic mass is 15.2. The average molecular weight is 259 g/mol. The van der Waals surface area contributed by atoms with Gasteiger partial charge in [0.25, 0.3) is 0 Å². The molecule has 3 heterocycles. The number of nitrogens with one attached hydrogen (secondary N) is 1. The van der Waals surface area contributed by atoms with Gasteiger partial charge in [-0.3, -0.25) is 4.68 Å². The first kappa shape index (κ1) is 12.4. The molecule has 0 spiro atoms. The van der Waals surface area contributed by atoms with Crippen molar-refractivity contribution in [1.29, 1.82) is 0 Å². The smallest absolute Gasteiger partial charge is 0.0950 e. The molecule has 0 aromatic carbocycles. The highest BCUT2D eigenvalue weighted by molar-refractivity contribution is 5.56. The van der Waals surface area contributed by atoms with E-state index in [4.69, 9.17) is 0 Å². The summed E-state index contributed by atoms with van der Waals surface area (Å²) >= 11 is 0. The van der Waals surface area contributed by atoms with Crippen LogP contribution in [-0.2, 0) is 13.6 Å². The van der Waals surface area contributed by atoms with Gasteiger partial charge in [-0.15, -0.1) is 0 Å². The lowest BCUT2D eigenvalue weighted by molar-refractivity contribution is 0.342. The van der Waals surface area contributed by atoms with Crippen molar-refractivity contribution in [2.75, 3.05) is 13.1 Å². The molecule has 0 aliphatic carbocycles. The summed E-state index contributed by atoms with van der Waals surface area (Å²) < 4.78 is 4.07. The van der Waals surface area contributed by atoms with E-state index in [2.05, 4.69) is 20.0 Å². The van der Waals surface area contributed by atoms with E-state index in [1.807, 2.05) is 36.6 Å². The second kappa shape index (κ2) is 5.57. The average Bonchev–Trinajstić information content (AvgIpc) is 3.06. The summed E-state index contributed by atoms with van der Waals surface area (Å²) in [6, 6.07) is 0. The van der Waals surface area contributed by atoms with Crippen LogP contribution in [0.2, 0.25) is 0 Å². The fourth-order valence-corrected chi connectivity index (χ4v) is 2.78. The third-order valence-electron chi connectivity index (χ3n) is 3.89. The van der Waals surface area contributed by atoms with Crippen molar-refractivity contribution >= 4 is 0 Å². The Morgan fingerprint density at radius 2 is 2.37 bits per heavy atom. The highest BCUT2D eigenvalue weighted by Crippen LogP contribution is 2.20. The van der Waals surface area contributed by atoms with Crippen LogP contribution < -0.4 is 5.32 Å². The SMILES string of the molecule is Cn1cc(-c2cncn2CCC2CCCNC2)cn1. The van der Waals surface area contributed by atoms with Gasteiger partial charge in [-0.05, 0) is 38.3 Å². The quantitative estimate of drug-likeness (QED) is 0.908. The Bertz CT molecular complexity index is 521. The number of nitrogens with zero attached hydrogens (tertiary/aromatic N) is 4. The lowest BCUT2D eigenvalue weighted by Gasteiger charge is -2.23. The lowest BCUT2D eigenvalue weighted by atomic mass is 9.96. The van der Waals surface area contributed by atoms with E-state index in [9.17, 15) is 0 Å². The number of piperidine rings is 1. The molecule has 1 aliphatic heterocycles. The maximum absolute atomic E-state index is 4.28. The minimum absolute atomic E-state index is 0.804. The van der Waals surface area contributed by atoms with Gasteiger partial charge in [-0.1, -0.05) is 0 Å². The van der Waals surface area contributed by atoms with Crippen LogP contribution in [0.25, 0.3) is 11.3 Å². The van der Waals surface area contributed by atoms with Crippen molar-refractivity contribution in [1.82, 2.24) is 24.6 Å². The van der Waals surface area contributed by atoms with Gasteiger partial charge in [0.15, 0.2) is 0 Å². The van der Waals surface area contributed by atoms with Gasteiger partial charge in [0.1, 0.15) is 0 Å². The van der Waals surface area contributed by atoms with Gasteiger partial charge in [0, 0.05) is 25.4 Å². The Hall–Kier alpha value is -1.62. The highest BCUT2D eigenvalue weighted by Gasteiger charge is 2.14. The monoisotopic (exact) mass is 259 g/mol. The summed E-state index contributed by atoms with van der Waals surface area (Å²) in [6.07, 6.45) is 11.7. The molecule has 1 atom stereocenters. The summed E-state index contributed by atoms with van der Waals surface area (Å²) in [6.45, 7) is 3.38. The van der Waals surface area contributed by atoms with Crippen LogP contribution in [0.5, 0.6) is 0 Å². The van der Waals surface area contributed by atoms with Crippen LogP contribution in [0.3, 0.4) is 0 Å². The number of hydrogen-bond donors (Lipinski definition) is 1. The molecule has 3 rings (SSSR count). The number of aromatic nitrogens is 4. The summed E-state index contributed by atoms with van der Waals surface area (Å²) in [5.74, 6) is 0.804. The first-order valence-electron chi connectivity index (χ1n) is 7.03. The fourth-order valence-electron chi connectivity index (χ4n) is 2.78. The van der Waals surface area contributed by atoms with Gasteiger partial charge in [0.2, 0.25) is 0 Å². The molecule has 2 aromatic heterocycles. The van der Waals surface area contributed by atoms with Crippen molar-refractivity contribution in [2.45, 2.75) is 25.8 Å². The van der Waals surface area contributed by atoms with E-state index < -0.39 is 0 Å². The maximum Gasteiger partial charge on any atom is 0.0950 e. The van der Waals surface area contributed by atoms with Crippen LogP contribution in [0.15, 0.2) is 24.9 Å². The third-order valence-corrected chi connectivity index (χ3v) is 3.89.